The smallest absolute Gasteiger partial charge is 0.142 e. The van der Waals surface area contributed by atoms with Gasteiger partial charge in [-0.3, -0.25) is 0 Å². The number of rotatable bonds is 2. The van der Waals surface area contributed by atoms with Crippen LogP contribution in [0.4, 0.5) is 0 Å². The third kappa shape index (κ3) is 2.24. The summed E-state index contributed by atoms with van der Waals surface area (Å²) in [6.07, 6.45) is 3.51. The lowest BCUT2D eigenvalue weighted by Gasteiger charge is -2.19. The molecular weight excluding hydrogens is 278 g/mol. The Hall–Kier alpha value is -1.78. The first-order chi connectivity index (χ1) is 10.3. The Morgan fingerprint density at radius 1 is 1.14 bits per heavy atom. The summed E-state index contributed by atoms with van der Waals surface area (Å²) in [5.74, 6) is 0. The van der Waals surface area contributed by atoms with Gasteiger partial charge in [-0.25, -0.2) is 9.97 Å². The zero-order valence-corrected chi connectivity index (χ0v) is 12.8. The van der Waals surface area contributed by atoms with Gasteiger partial charge in [-0.05, 0) is 38.4 Å². The van der Waals surface area contributed by atoms with Crippen molar-refractivity contribution in [2.75, 3.05) is 7.05 Å². The molecule has 0 radical (unpaired) electrons. The second-order valence-corrected chi connectivity index (χ2v) is 6.48. The van der Waals surface area contributed by atoms with Crippen molar-refractivity contribution in [3.05, 3.63) is 47.0 Å². The number of aryl methyl sites for hydroxylation is 1. The van der Waals surface area contributed by atoms with Crippen molar-refractivity contribution >= 4 is 22.2 Å². The molecule has 3 aromatic rings. The molecule has 0 spiro atoms. The molecule has 1 aromatic carbocycles. The number of fused-ring (bicyclic) bond motifs is 2. The standard InChI is InChI=1S/C17H17N3S/c1-18-13-7-4-8-14-16(13)21-17(20-14)15-10-9-11-5-2-3-6-12(11)19-15/h2-3,5-6,9-10,13,18H,4,7-8H2,1H3. The highest BCUT2D eigenvalue weighted by molar-refractivity contribution is 7.15. The number of thiazole rings is 1. The van der Waals surface area contributed by atoms with Crippen molar-refractivity contribution in [1.82, 2.24) is 15.3 Å². The van der Waals surface area contributed by atoms with Gasteiger partial charge in [0.15, 0.2) is 0 Å². The van der Waals surface area contributed by atoms with Gasteiger partial charge < -0.3 is 5.32 Å². The molecule has 0 saturated carbocycles. The minimum Gasteiger partial charge on any atom is -0.312 e. The van der Waals surface area contributed by atoms with Gasteiger partial charge in [0.05, 0.1) is 16.9 Å². The number of nitrogens with one attached hydrogen (secondary N) is 1. The number of aromatic nitrogens is 2. The molecule has 0 fully saturated rings. The fourth-order valence-electron chi connectivity index (χ4n) is 2.99. The number of benzene rings is 1. The van der Waals surface area contributed by atoms with Crippen molar-refractivity contribution in [2.45, 2.75) is 25.3 Å². The highest BCUT2D eigenvalue weighted by Crippen LogP contribution is 2.37. The van der Waals surface area contributed by atoms with E-state index in [1.165, 1.54) is 28.8 Å². The second kappa shape index (κ2) is 5.20. The van der Waals surface area contributed by atoms with Gasteiger partial charge in [0.1, 0.15) is 5.01 Å². The zero-order chi connectivity index (χ0) is 14.2. The summed E-state index contributed by atoms with van der Waals surface area (Å²) in [6.45, 7) is 0. The normalized spacial score (nSPS) is 17.9. The van der Waals surface area contributed by atoms with Crippen LogP contribution in [0, 0.1) is 0 Å². The Balaban J connectivity index is 1.80. The number of pyridine rings is 1. The van der Waals surface area contributed by atoms with E-state index in [0.717, 1.165) is 22.6 Å². The van der Waals surface area contributed by atoms with Gasteiger partial charge in [0.25, 0.3) is 0 Å². The van der Waals surface area contributed by atoms with Crippen LogP contribution >= 0.6 is 11.3 Å². The molecule has 0 aliphatic heterocycles. The Labute approximate surface area is 128 Å². The topological polar surface area (TPSA) is 37.8 Å². The molecule has 0 amide bonds. The molecular formula is C17H17N3S. The highest BCUT2D eigenvalue weighted by atomic mass is 32.1. The summed E-state index contributed by atoms with van der Waals surface area (Å²) < 4.78 is 0. The summed E-state index contributed by atoms with van der Waals surface area (Å²) in [5.41, 5.74) is 3.28. The number of hydrogen-bond acceptors (Lipinski definition) is 4. The number of nitrogens with zero attached hydrogens (tertiary/aromatic N) is 2. The average Bonchev–Trinajstić information content (AvgIpc) is 2.98. The third-order valence-corrected chi connectivity index (χ3v) is 5.35. The van der Waals surface area contributed by atoms with Crippen LogP contribution in [0.25, 0.3) is 21.6 Å². The lowest BCUT2D eigenvalue weighted by atomic mass is 9.98. The minimum atomic E-state index is 0.459. The maximum atomic E-state index is 4.84. The van der Waals surface area contributed by atoms with Gasteiger partial charge in [-0.1, -0.05) is 24.3 Å². The molecule has 1 N–H and O–H groups in total. The minimum absolute atomic E-state index is 0.459. The van der Waals surface area contributed by atoms with Crippen molar-refractivity contribution < 1.29 is 0 Å². The van der Waals surface area contributed by atoms with E-state index in [1.54, 1.807) is 11.3 Å². The third-order valence-electron chi connectivity index (χ3n) is 4.12. The van der Waals surface area contributed by atoms with E-state index in [2.05, 4.69) is 29.6 Å². The van der Waals surface area contributed by atoms with Crippen LogP contribution in [-0.2, 0) is 6.42 Å². The molecule has 3 nitrogen and oxygen atoms in total. The van der Waals surface area contributed by atoms with Crippen LogP contribution in [0.3, 0.4) is 0 Å². The summed E-state index contributed by atoms with van der Waals surface area (Å²) in [6, 6.07) is 12.9. The zero-order valence-electron chi connectivity index (χ0n) is 12.0. The Morgan fingerprint density at radius 3 is 2.95 bits per heavy atom. The van der Waals surface area contributed by atoms with E-state index < -0.39 is 0 Å². The van der Waals surface area contributed by atoms with Gasteiger partial charge in [-0.15, -0.1) is 11.3 Å². The molecule has 1 unspecified atom stereocenters. The molecule has 21 heavy (non-hydrogen) atoms. The summed E-state index contributed by atoms with van der Waals surface area (Å²) in [7, 11) is 2.04. The number of para-hydroxylation sites is 1. The maximum Gasteiger partial charge on any atom is 0.142 e. The molecule has 1 aliphatic carbocycles. The van der Waals surface area contributed by atoms with E-state index in [1.807, 2.05) is 19.2 Å². The van der Waals surface area contributed by atoms with Gasteiger partial charge in [-0.2, -0.15) is 0 Å². The Bertz CT molecular complexity index is 794. The summed E-state index contributed by atoms with van der Waals surface area (Å²) in [4.78, 5) is 11.0. The molecule has 1 atom stereocenters. The van der Waals surface area contributed by atoms with E-state index in [4.69, 9.17) is 9.97 Å². The Morgan fingerprint density at radius 2 is 2.05 bits per heavy atom. The highest BCUT2D eigenvalue weighted by Gasteiger charge is 2.24. The molecule has 1 aliphatic rings. The number of hydrogen-bond donors (Lipinski definition) is 1. The monoisotopic (exact) mass is 295 g/mol. The molecule has 2 heterocycles. The van der Waals surface area contributed by atoms with E-state index in [0.29, 0.717) is 6.04 Å². The van der Waals surface area contributed by atoms with E-state index in [9.17, 15) is 0 Å². The van der Waals surface area contributed by atoms with Crippen molar-refractivity contribution in [1.29, 1.82) is 0 Å². The predicted octanol–water partition coefficient (Wildman–Crippen LogP) is 3.96. The van der Waals surface area contributed by atoms with Crippen LogP contribution in [-0.4, -0.2) is 17.0 Å². The molecule has 0 saturated heterocycles. The summed E-state index contributed by atoms with van der Waals surface area (Å²) in [5, 5.41) is 5.63. The SMILES string of the molecule is CNC1CCCc2nc(-c3ccc4ccccc4n3)sc21. The molecule has 106 valence electrons. The van der Waals surface area contributed by atoms with Crippen LogP contribution < -0.4 is 5.32 Å². The first-order valence-electron chi connectivity index (χ1n) is 7.38. The van der Waals surface area contributed by atoms with Crippen molar-refractivity contribution in [2.24, 2.45) is 0 Å². The first-order valence-corrected chi connectivity index (χ1v) is 8.20. The summed E-state index contributed by atoms with van der Waals surface area (Å²) >= 11 is 1.79. The maximum absolute atomic E-state index is 4.84. The molecule has 2 aromatic heterocycles. The fourth-order valence-corrected chi connectivity index (χ4v) is 4.22. The van der Waals surface area contributed by atoms with Gasteiger partial charge >= 0.3 is 0 Å². The molecule has 4 heteroatoms. The lowest BCUT2D eigenvalue weighted by Crippen LogP contribution is -2.19. The van der Waals surface area contributed by atoms with Crippen molar-refractivity contribution in [3.8, 4) is 10.7 Å². The van der Waals surface area contributed by atoms with Crippen LogP contribution in [0.1, 0.15) is 29.5 Å². The van der Waals surface area contributed by atoms with Crippen LogP contribution in [0.15, 0.2) is 36.4 Å². The quantitative estimate of drug-likeness (QED) is 0.777. The van der Waals surface area contributed by atoms with Gasteiger partial charge in [0, 0.05) is 16.3 Å². The molecule has 4 rings (SSSR count). The fraction of sp³-hybridized carbons (Fsp3) is 0.294. The van der Waals surface area contributed by atoms with Crippen LogP contribution in [0.5, 0.6) is 0 Å². The van der Waals surface area contributed by atoms with Crippen molar-refractivity contribution in [3.63, 3.8) is 0 Å². The Kier molecular flexibility index (Phi) is 3.20. The van der Waals surface area contributed by atoms with Crippen LogP contribution in [0.2, 0.25) is 0 Å². The predicted molar refractivity (Wildman–Crippen MR) is 87.6 cm³/mol. The second-order valence-electron chi connectivity index (χ2n) is 5.45. The average molecular weight is 295 g/mol. The van der Waals surface area contributed by atoms with Gasteiger partial charge in [0.2, 0.25) is 0 Å². The van der Waals surface area contributed by atoms with E-state index in [-0.39, 0.29) is 0 Å². The first kappa shape index (κ1) is 12.9. The van der Waals surface area contributed by atoms with E-state index >= 15 is 0 Å². The molecule has 0 bridgehead atoms. The largest absolute Gasteiger partial charge is 0.312 e. The lowest BCUT2D eigenvalue weighted by molar-refractivity contribution is 0.501.